The summed E-state index contributed by atoms with van der Waals surface area (Å²) in [6.45, 7) is 1.58. The van der Waals surface area contributed by atoms with Crippen LogP contribution in [0.2, 0.25) is 0 Å². The molecule has 1 aromatic heterocycles. The zero-order valence-electron chi connectivity index (χ0n) is 15.0. The van der Waals surface area contributed by atoms with Gasteiger partial charge in [0.15, 0.2) is 15.0 Å². The van der Waals surface area contributed by atoms with E-state index < -0.39 is 9.84 Å². The van der Waals surface area contributed by atoms with E-state index >= 15 is 0 Å². The number of methoxy groups -OCH3 is 2. The maximum atomic E-state index is 12.5. The molecule has 0 atom stereocenters. The number of rotatable bonds is 6. The highest BCUT2D eigenvalue weighted by Gasteiger charge is 2.17. The number of thiazole rings is 1. The largest absolute Gasteiger partial charge is 0.495 e. The van der Waals surface area contributed by atoms with Crippen molar-refractivity contribution < 1.29 is 22.7 Å². The molecule has 142 valence electrons. The Balaban J connectivity index is 1.88. The average Bonchev–Trinajstić information content (AvgIpc) is 3.10. The number of nitrogens with one attached hydrogen (secondary N) is 1. The molecular weight excluding hydrogens is 388 g/mol. The number of sulfone groups is 1. The molecule has 7 nitrogen and oxygen atoms in total. The summed E-state index contributed by atoms with van der Waals surface area (Å²) >= 11 is 1.27. The quantitative estimate of drug-likeness (QED) is 0.675. The molecule has 27 heavy (non-hydrogen) atoms. The zero-order chi connectivity index (χ0) is 19.6. The Hall–Kier alpha value is -2.65. The summed E-state index contributed by atoms with van der Waals surface area (Å²) in [5, 5.41) is 3.12. The number of amides is 1. The summed E-state index contributed by atoms with van der Waals surface area (Å²) in [4.78, 5) is 17.1. The van der Waals surface area contributed by atoms with Gasteiger partial charge in [-0.15, -0.1) is 0 Å². The number of nitrogens with zero attached hydrogens (tertiary/aromatic N) is 1. The highest BCUT2D eigenvalue weighted by atomic mass is 32.2. The molecule has 2 aromatic carbocycles. The monoisotopic (exact) mass is 406 g/mol. The SMILES string of the molecule is CCS(=O)(=O)c1ccc(C(=O)Nc2nc3c(OC)ccc(OC)c3s2)cc1. The molecule has 0 spiro atoms. The van der Waals surface area contributed by atoms with E-state index in [1.54, 1.807) is 33.3 Å². The van der Waals surface area contributed by atoms with Crippen LogP contribution in [0, 0.1) is 0 Å². The van der Waals surface area contributed by atoms with E-state index in [2.05, 4.69) is 10.3 Å². The van der Waals surface area contributed by atoms with Crippen LogP contribution in [0.4, 0.5) is 5.13 Å². The standard InChI is InChI=1S/C18H18N2O5S2/c1-4-27(22,23)12-7-5-11(6-8-12)17(21)20-18-19-15-13(24-2)9-10-14(25-3)16(15)26-18/h5-10H,4H2,1-3H3,(H,19,20,21). The first-order valence-corrected chi connectivity index (χ1v) is 10.5. The molecule has 1 heterocycles. The lowest BCUT2D eigenvalue weighted by molar-refractivity contribution is 0.102. The summed E-state index contributed by atoms with van der Waals surface area (Å²) in [6.07, 6.45) is 0. The molecule has 0 bridgehead atoms. The second kappa shape index (κ2) is 7.53. The minimum atomic E-state index is -3.30. The van der Waals surface area contributed by atoms with E-state index in [1.807, 2.05) is 0 Å². The Morgan fingerprint density at radius 3 is 2.30 bits per heavy atom. The Morgan fingerprint density at radius 2 is 1.70 bits per heavy atom. The zero-order valence-corrected chi connectivity index (χ0v) is 16.6. The number of benzene rings is 2. The van der Waals surface area contributed by atoms with Crippen LogP contribution in [-0.4, -0.2) is 39.3 Å². The summed E-state index contributed by atoms with van der Waals surface area (Å²) in [5.74, 6) is 0.843. The predicted molar refractivity (Wildman–Crippen MR) is 105 cm³/mol. The summed E-state index contributed by atoms with van der Waals surface area (Å²) in [7, 11) is -0.195. The predicted octanol–water partition coefficient (Wildman–Crippen LogP) is 3.36. The molecule has 0 saturated heterocycles. The lowest BCUT2D eigenvalue weighted by Crippen LogP contribution is -2.12. The molecule has 0 aliphatic rings. The van der Waals surface area contributed by atoms with Gasteiger partial charge in [-0.1, -0.05) is 18.3 Å². The van der Waals surface area contributed by atoms with Crippen molar-refractivity contribution in [2.75, 3.05) is 25.3 Å². The maximum Gasteiger partial charge on any atom is 0.257 e. The number of hydrogen-bond donors (Lipinski definition) is 1. The lowest BCUT2D eigenvalue weighted by Gasteiger charge is -2.04. The third kappa shape index (κ3) is 3.74. The summed E-state index contributed by atoms with van der Waals surface area (Å²) in [5.41, 5.74) is 0.935. The molecule has 1 N–H and O–H groups in total. The van der Waals surface area contributed by atoms with E-state index in [4.69, 9.17) is 9.47 Å². The molecular formula is C18H18N2O5S2. The number of hydrogen-bond acceptors (Lipinski definition) is 7. The van der Waals surface area contributed by atoms with Crippen LogP contribution in [0.3, 0.4) is 0 Å². The summed E-state index contributed by atoms with van der Waals surface area (Å²) in [6, 6.07) is 9.34. The number of carbonyl (C=O) groups excluding carboxylic acids is 1. The third-order valence-electron chi connectivity index (χ3n) is 3.99. The summed E-state index contributed by atoms with van der Waals surface area (Å²) < 4.78 is 35.1. The van der Waals surface area contributed by atoms with Crippen LogP contribution in [0.15, 0.2) is 41.3 Å². The van der Waals surface area contributed by atoms with E-state index in [9.17, 15) is 13.2 Å². The molecule has 0 aliphatic heterocycles. The maximum absolute atomic E-state index is 12.5. The molecule has 9 heteroatoms. The molecule has 1 amide bonds. The molecule has 0 radical (unpaired) electrons. The minimum Gasteiger partial charge on any atom is -0.495 e. The van der Waals surface area contributed by atoms with Gasteiger partial charge in [0, 0.05) is 5.56 Å². The Bertz CT molecular complexity index is 1050. The smallest absolute Gasteiger partial charge is 0.257 e. The number of fused-ring (bicyclic) bond motifs is 1. The van der Waals surface area contributed by atoms with Gasteiger partial charge in [0.05, 0.1) is 24.9 Å². The fraction of sp³-hybridized carbons (Fsp3) is 0.222. The highest BCUT2D eigenvalue weighted by Crippen LogP contribution is 2.38. The van der Waals surface area contributed by atoms with E-state index in [0.717, 1.165) is 4.70 Å². The van der Waals surface area contributed by atoms with Crippen molar-refractivity contribution in [3.05, 3.63) is 42.0 Å². The van der Waals surface area contributed by atoms with Crippen LogP contribution in [0.25, 0.3) is 10.2 Å². The van der Waals surface area contributed by atoms with Crippen molar-refractivity contribution in [3.8, 4) is 11.5 Å². The van der Waals surface area contributed by atoms with Gasteiger partial charge in [-0.2, -0.15) is 0 Å². The van der Waals surface area contributed by atoms with Crippen molar-refractivity contribution in [1.82, 2.24) is 4.98 Å². The van der Waals surface area contributed by atoms with Crippen LogP contribution < -0.4 is 14.8 Å². The van der Waals surface area contributed by atoms with Crippen molar-refractivity contribution in [3.63, 3.8) is 0 Å². The molecule has 3 rings (SSSR count). The second-order valence-electron chi connectivity index (χ2n) is 5.55. The average molecular weight is 406 g/mol. The van der Waals surface area contributed by atoms with Gasteiger partial charge >= 0.3 is 0 Å². The first-order valence-electron chi connectivity index (χ1n) is 8.05. The lowest BCUT2D eigenvalue weighted by atomic mass is 10.2. The van der Waals surface area contributed by atoms with Crippen molar-refractivity contribution in [2.45, 2.75) is 11.8 Å². The highest BCUT2D eigenvalue weighted by molar-refractivity contribution is 7.91. The fourth-order valence-electron chi connectivity index (χ4n) is 2.49. The topological polar surface area (TPSA) is 94.6 Å². The first-order chi connectivity index (χ1) is 12.9. The normalized spacial score (nSPS) is 11.4. The Labute approximate surface area is 160 Å². The minimum absolute atomic E-state index is 0.00785. The van der Waals surface area contributed by atoms with Gasteiger partial charge < -0.3 is 9.47 Å². The molecule has 0 unspecified atom stereocenters. The number of carbonyl (C=O) groups is 1. The van der Waals surface area contributed by atoms with Crippen LogP contribution in [0.5, 0.6) is 11.5 Å². The van der Waals surface area contributed by atoms with Crippen molar-refractivity contribution in [2.24, 2.45) is 0 Å². The van der Waals surface area contributed by atoms with Gasteiger partial charge in [-0.05, 0) is 36.4 Å². The van der Waals surface area contributed by atoms with Gasteiger partial charge in [-0.3, -0.25) is 10.1 Å². The van der Waals surface area contributed by atoms with Crippen LogP contribution in [-0.2, 0) is 9.84 Å². The van der Waals surface area contributed by atoms with E-state index in [0.29, 0.717) is 27.7 Å². The third-order valence-corrected chi connectivity index (χ3v) is 6.72. The number of anilines is 1. The second-order valence-corrected chi connectivity index (χ2v) is 8.83. The van der Waals surface area contributed by atoms with Crippen molar-refractivity contribution in [1.29, 1.82) is 0 Å². The molecule has 0 fully saturated rings. The van der Waals surface area contributed by atoms with Crippen molar-refractivity contribution >= 4 is 42.4 Å². The number of ether oxygens (including phenoxy) is 2. The number of aromatic nitrogens is 1. The Kier molecular flexibility index (Phi) is 5.33. The molecule has 0 aliphatic carbocycles. The Morgan fingerprint density at radius 1 is 1.07 bits per heavy atom. The van der Waals surface area contributed by atoms with Gasteiger partial charge in [0.25, 0.3) is 5.91 Å². The van der Waals surface area contributed by atoms with Crippen LogP contribution >= 0.6 is 11.3 Å². The van der Waals surface area contributed by atoms with Gasteiger partial charge in [0.2, 0.25) is 0 Å². The molecule has 3 aromatic rings. The van der Waals surface area contributed by atoms with Crippen LogP contribution in [0.1, 0.15) is 17.3 Å². The van der Waals surface area contributed by atoms with Gasteiger partial charge in [-0.25, -0.2) is 13.4 Å². The van der Waals surface area contributed by atoms with Gasteiger partial charge in [0.1, 0.15) is 21.7 Å². The van der Waals surface area contributed by atoms with E-state index in [-0.39, 0.29) is 16.6 Å². The van der Waals surface area contributed by atoms with E-state index in [1.165, 1.54) is 35.6 Å². The molecule has 0 saturated carbocycles. The first kappa shape index (κ1) is 19.1. The fourth-order valence-corrected chi connectivity index (χ4v) is 4.34.